The molecule has 0 unspecified atom stereocenters. The van der Waals surface area contributed by atoms with E-state index < -0.39 is 0 Å². The fourth-order valence-corrected chi connectivity index (χ4v) is 4.59. The van der Waals surface area contributed by atoms with Crippen LogP contribution >= 0.6 is 0 Å². The van der Waals surface area contributed by atoms with Crippen molar-refractivity contribution in [2.75, 3.05) is 23.7 Å². The molecule has 1 aliphatic rings. The molecule has 1 amide bonds. The minimum absolute atomic E-state index is 0.00424. The summed E-state index contributed by atoms with van der Waals surface area (Å²) in [4.78, 5) is 23.7. The van der Waals surface area contributed by atoms with Crippen LogP contribution < -0.4 is 16.4 Å². The van der Waals surface area contributed by atoms with Crippen molar-refractivity contribution in [1.29, 1.82) is 0 Å². The normalized spacial score (nSPS) is 14.7. The van der Waals surface area contributed by atoms with E-state index in [-0.39, 0.29) is 17.8 Å². The Morgan fingerprint density at radius 3 is 2.24 bits per heavy atom. The third kappa shape index (κ3) is 6.10. The van der Waals surface area contributed by atoms with Crippen LogP contribution in [0.15, 0.2) is 91.1 Å². The lowest BCUT2D eigenvalue weighted by atomic mass is 9.86. The molecule has 4 N–H and O–H groups in total. The molecular formula is C29H29FN6O. The number of carbonyl (C=O) groups excluding carboxylic acids is 1. The Morgan fingerprint density at radius 2 is 1.54 bits per heavy atom. The van der Waals surface area contributed by atoms with Gasteiger partial charge in [0.25, 0.3) is 5.91 Å². The summed E-state index contributed by atoms with van der Waals surface area (Å²) in [6.07, 6.45) is 3.41. The summed E-state index contributed by atoms with van der Waals surface area (Å²) in [6, 6.07) is 25.2. The number of nitrogens with two attached hydrogens (primary N) is 1. The van der Waals surface area contributed by atoms with E-state index in [0.29, 0.717) is 36.3 Å². The van der Waals surface area contributed by atoms with E-state index in [1.165, 1.54) is 12.1 Å². The van der Waals surface area contributed by atoms with Crippen molar-refractivity contribution in [2.45, 2.75) is 18.9 Å². The smallest absolute Gasteiger partial charge is 0.253 e. The fraction of sp³-hybridized carbons (Fsp3) is 0.207. The number of halogens is 1. The maximum Gasteiger partial charge on any atom is 0.253 e. The molecule has 0 radical (unpaired) electrons. The Balaban J connectivity index is 1.16. The highest BCUT2D eigenvalue weighted by atomic mass is 19.1. The quantitative estimate of drug-likeness (QED) is 0.306. The number of rotatable bonds is 7. The maximum absolute atomic E-state index is 13.1. The number of benzene rings is 3. The Labute approximate surface area is 215 Å². The number of amides is 1. The summed E-state index contributed by atoms with van der Waals surface area (Å²) >= 11 is 0. The van der Waals surface area contributed by atoms with Crippen LogP contribution in [-0.2, 0) is 0 Å². The second-order valence-electron chi connectivity index (χ2n) is 9.17. The van der Waals surface area contributed by atoms with Gasteiger partial charge in [-0.25, -0.2) is 9.37 Å². The third-order valence-corrected chi connectivity index (χ3v) is 6.68. The van der Waals surface area contributed by atoms with Gasteiger partial charge in [-0.1, -0.05) is 30.3 Å². The van der Waals surface area contributed by atoms with Crippen molar-refractivity contribution < 1.29 is 9.18 Å². The highest BCUT2D eigenvalue weighted by Crippen LogP contribution is 2.29. The molecule has 188 valence electrons. The van der Waals surface area contributed by atoms with Gasteiger partial charge in [0.05, 0.1) is 0 Å². The van der Waals surface area contributed by atoms with Gasteiger partial charge in [-0.3, -0.25) is 4.79 Å². The molecular weight excluding hydrogens is 467 g/mol. The Kier molecular flexibility index (Phi) is 7.37. The molecule has 7 nitrogen and oxygen atoms in total. The summed E-state index contributed by atoms with van der Waals surface area (Å²) in [6.45, 7) is 1.40. The Morgan fingerprint density at radius 1 is 0.892 bits per heavy atom. The second-order valence-corrected chi connectivity index (χ2v) is 9.17. The largest absolute Gasteiger partial charge is 0.340 e. The molecule has 0 spiro atoms. The predicted molar refractivity (Wildman–Crippen MR) is 143 cm³/mol. The number of nitrogens with zero attached hydrogens (tertiary/aromatic N) is 3. The zero-order valence-corrected chi connectivity index (χ0v) is 20.3. The molecule has 1 saturated heterocycles. The van der Waals surface area contributed by atoms with Crippen molar-refractivity contribution in [3.05, 3.63) is 108 Å². The van der Waals surface area contributed by atoms with Crippen LogP contribution in [0, 0.1) is 11.7 Å². The average molecular weight is 497 g/mol. The highest BCUT2D eigenvalue weighted by molar-refractivity contribution is 5.94. The monoisotopic (exact) mass is 496 g/mol. The lowest BCUT2D eigenvalue weighted by molar-refractivity contribution is 0.0678. The summed E-state index contributed by atoms with van der Waals surface area (Å²) in [7, 11) is 0. The van der Waals surface area contributed by atoms with Gasteiger partial charge >= 0.3 is 0 Å². The first kappa shape index (κ1) is 24.4. The number of anilines is 4. The van der Waals surface area contributed by atoms with Gasteiger partial charge in [-0.15, -0.1) is 0 Å². The van der Waals surface area contributed by atoms with Gasteiger partial charge in [0.2, 0.25) is 5.95 Å². The van der Waals surface area contributed by atoms with E-state index in [4.69, 9.17) is 5.73 Å². The fourth-order valence-electron chi connectivity index (χ4n) is 4.59. The number of carbonyl (C=O) groups is 1. The van der Waals surface area contributed by atoms with Crippen molar-refractivity contribution in [1.82, 2.24) is 14.9 Å². The van der Waals surface area contributed by atoms with Crippen LogP contribution in [0.25, 0.3) is 0 Å². The molecule has 5 rings (SSSR count). The standard InChI is InChI=1S/C29H29FN6O/c30-23-8-12-24(13-9-23)33-26-14-17-32-29(35-26)34-25-10-6-22(7-11-25)28(37)36-18-15-21(16-19-36)27(31)20-4-2-1-3-5-20/h1-14,17,21,27H,15-16,18-19,31H2,(H2,32,33,34,35)/t27-/m0/s1. The lowest BCUT2D eigenvalue weighted by Crippen LogP contribution is -2.41. The molecule has 4 aromatic rings. The van der Waals surface area contributed by atoms with Gasteiger partial charge in [0.1, 0.15) is 11.6 Å². The first-order valence-corrected chi connectivity index (χ1v) is 12.4. The number of nitrogens with one attached hydrogen (secondary N) is 2. The maximum atomic E-state index is 13.1. The zero-order valence-electron chi connectivity index (χ0n) is 20.3. The zero-order chi connectivity index (χ0) is 25.6. The lowest BCUT2D eigenvalue weighted by Gasteiger charge is -2.35. The van der Waals surface area contributed by atoms with E-state index in [1.807, 2.05) is 47.4 Å². The van der Waals surface area contributed by atoms with Crippen LogP contribution in [0.2, 0.25) is 0 Å². The first-order chi connectivity index (χ1) is 18.0. The number of piperidine rings is 1. The van der Waals surface area contributed by atoms with E-state index >= 15 is 0 Å². The van der Waals surface area contributed by atoms with Gasteiger partial charge in [-0.2, -0.15) is 4.98 Å². The number of hydrogen-bond donors (Lipinski definition) is 3. The van der Waals surface area contributed by atoms with Crippen molar-refractivity contribution >= 4 is 29.0 Å². The van der Waals surface area contributed by atoms with E-state index in [0.717, 1.165) is 29.8 Å². The van der Waals surface area contributed by atoms with Crippen LogP contribution in [0.4, 0.5) is 27.5 Å². The SMILES string of the molecule is N[C@@H](c1ccccc1)C1CCN(C(=O)c2ccc(Nc3nccc(Nc4ccc(F)cc4)n3)cc2)CC1. The predicted octanol–water partition coefficient (Wildman–Crippen LogP) is 5.66. The number of aromatic nitrogens is 2. The minimum atomic E-state index is -0.297. The van der Waals surface area contributed by atoms with E-state index in [9.17, 15) is 9.18 Å². The molecule has 1 fully saturated rings. The number of likely N-dealkylation sites (tertiary alicyclic amines) is 1. The van der Waals surface area contributed by atoms with Crippen LogP contribution in [0.3, 0.4) is 0 Å². The van der Waals surface area contributed by atoms with E-state index in [1.54, 1.807) is 24.4 Å². The molecule has 0 bridgehead atoms. The van der Waals surface area contributed by atoms with Crippen LogP contribution in [0.5, 0.6) is 0 Å². The molecule has 37 heavy (non-hydrogen) atoms. The molecule has 3 aromatic carbocycles. The molecule has 1 aliphatic heterocycles. The average Bonchev–Trinajstić information content (AvgIpc) is 2.95. The minimum Gasteiger partial charge on any atom is -0.340 e. The van der Waals surface area contributed by atoms with Crippen LogP contribution in [0.1, 0.15) is 34.8 Å². The van der Waals surface area contributed by atoms with Crippen molar-refractivity contribution in [2.24, 2.45) is 11.7 Å². The Bertz CT molecular complexity index is 1320. The van der Waals surface area contributed by atoms with Crippen molar-refractivity contribution in [3.8, 4) is 0 Å². The topological polar surface area (TPSA) is 96.2 Å². The molecule has 8 heteroatoms. The van der Waals surface area contributed by atoms with E-state index in [2.05, 4.69) is 32.7 Å². The molecule has 1 aromatic heterocycles. The highest BCUT2D eigenvalue weighted by Gasteiger charge is 2.27. The molecule has 1 atom stereocenters. The van der Waals surface area contributed by atoms with Gasteiger partial charge in [0, 0.05) is 42.3 Å². The molecule has 2 heterocycles. The Hall–Kier alpha value is -4.30. The van der Waals surface area contributed by atoms with Gasteiger partial charge in [0.15, 0.2) is 0 Å². The second kappa shape index (κ2) is 11.2. The summed E-state index contributed by atoms with van der Waals surface area (Å²) < 4.78 is 13.1. The van der Waals surface area contributed by atoms with Gasteiger partial charge in [-0.05, 0) is 78.9 Å². The first-order valence-electron chi connectivity index (χ1n) is 12.4. The molecule has 0 aliphatic carbocycles. The van der Waals surface area contributed by atoms with Crippen LogP contribution in [-0.4, -0.2) is 33.9 Å². The van der Waals surface area contributed by atoms with Gasteiger partial charge < -0.3 is 21.3 Å². The van der Waals surface area contributed by atoms with Crippen molar-refractivity contribution in [3.63, 3.8) is 0 Å². The molecule has 0 saturated carbocycles. The summed E-state index contributed by atoms with van der Waals surface area (Å²) in [5.41, 5.74) is 9.78. The third-order valence-electron chi connectivity index (χ3n) is 6.68. The number of hydrogen-bond acceptors (Lipinski definition) is 6. The summed E-state index contributed by atoms with van der Waals surface area (Å²) in [5, 5.41) is 6.28. The summed E-state index contributed by atoms with van der Waals surface area (Å²) in [5.74, 6) is 1.08.